The highest BCUT2D eigenvalue weighted by Gasteiger charge is 2.08. The van der Waals surface area contributed by atoms with E-state index in [1.165, 1.54) is 6.20 Å². The highest BCUT2D eigenvalue weighted by atomic mass is 35.5. The molecule has 1 aromatic rings. The fraction of sp³-hybridized carbons (Fsp3) is 0.455. The second-order valence-corrected chi connectivity index (χ2v) is 4.02. The molecule has 2 amide bonds. The highest BCUT2D eigenvalue weighted by molar-refractivity contribution is 6.30. The molecule has 17 heavy (non-hydrogen) atoms. The van der Waals surface area contributed by atoms with Gasteiger partial charge < -0.3 is 15.7 Å². The minimum atomic E-state index is -0.317. The maximum atomic E-state index is 11.4. The van der Waals surface area contributed by atoms with Crippen LogP contribution in [0.2, 0.25) is 5.02 Å². The van der Waals surface area contributed by atoms with Gasteiger partial charge in [-0.15, -0.1) is 0 Å². The summed E-state index contributed by atoms with van der Waals surface area (Å²) in [6.45, 7) is 2.15. The van der Waals surface area contributed by atoms with Crippen LogP contribution >= 0.6 is 11.6 Å². The van der Waals surface area contributed by atoms with E-state index < -0.39 is 0 Å². The molecular formula is C11H16ClN3O2. The number of aliphatic hydroxyl groups is 1. The highest BCUT2D eigenvalue weighted by Crippen LogP contribution is 2.05. The Labute approximate surface area is 105 Å². The van der Waals surface area contributed by atoms with E-state index in [1.54, 1.807) is 12.1 Å². The van der Waals surface area contributed by atoms with Gasteiger partial charge in [0.05, 0.1) is 29.9 Å². The van der Waals surface area contributed by atoms with E-state index in [9.17, 15) is 4.79 Å². The number of carbonyl (C=O) groups excluding carboxylic acids is 1. The Morgan fingerprint density at radius 3 is 2.88 bits per heavy atom. The number of rotatable bonds is 5. The molecule has 0 radical (unpaired) electrons. The number of carbonyl (C=O) groups is 1. The van der Waals surface area contributed by atoms with Crippen molar-refractivity contribution in [2.24, 2.45) is 0 Å². The fourth-order valence-corrected chi connectivity index (χ4v) is 1.31. The maximum absolute atomic E-state index is 11.4. The fourth-order valence-electron chi connectivity index (χ4n) is 1.20. The quantitative estimate of drug-likeness (QED) is 0.745. The van der Waals surface area contributed by atoms with Gasteiger partial charge in [-0.1, -0.05) is 18.5 Å². The van der Waals surface area contributed by atoms with Gasteiger partial charge in [-0.25, -0.2) is 4.79 Å². The van der Waals surface area contributed by atoms with Crippen LogP contribution in [0.4, 0.5) is 4.79 Å². The van der Waals surface area contributed by atoms with Gasteiger partial charge in [-0.05, 0) is 18.6 Å². The number of nitrogens with one attached hydrogen (secondary N) is 2. The molecule has 0 aliphatic rings. The zero-order chi connectivity index (χ0) is 12.7. The van der Waals surface area contributed by atoms with Crippen molar-refractivity contribution in [2.45, 2.75) is 25.9 Å². The van der Waals surface area contributed by atoms with Crippen molar-refractivity contribution in [1.29, 1.82) is 0 Å². The van der Waals surface area contributed by atoms with Gasteiger partial charge in [0.25, 0.3) is 0 Å². The topological polar surface area (TPSA) is 74.2 Å². The number of nitrogens with zero attached hydrogens (tertiary/aromatic N) is 1. The number of aliphatic hydroxyl groups excluding tert-OH is 1. The second-order valence-electron chi connectivity index (χ2n) is 3.58. The van der Waals surface area contributed by atoms with Gasteiger partial charge in [-0.3, -0.25) is 4.98 Å². The van der Waals surface area contributed by atoms with Crippen molar-refractivity contribution >= 4 is 17.6 Å². The molecular weight excluding hydrogens is 242 g/mol. The number of hydrogen-bond donors (Lipinski definition) is 3. The SMILES string of the molecule is CC[C@@H](CO)NC(=O)NCc1ccc(Cl)cn1. The molecule has 0 aliphatic carbocycles. The van der Waals surface area contributed by atoms with E-state index in [1.807, 2.05) is 6.92 Å². The smallest absolute Gasteiger partial charge is 0.315 e. The van der Waals surface area contributed by atoms with Crippen LogP contribution in [-0.2, 0) is 6.54 Å². The summed E-state index contributed by atoms with van der Waals surface area (Å²) in [4.78, 5) is 15.5. The summed E-state index contributed by atoms with van der Waals surface area (Å²) in [6.07, 6.45) is 2.21. The molecule has 0 saturated heterocycles. The third kappa shape index (κ3) is 5.01. The monoisotopic (exact) mass is 257 g/mol. The lowest BCUT2D eigenvalue weighted by Gasteiger charge is -2.14. The van der Waals surface area contributed by atoms with Crippen molar-refractivity contribution in [3.8, 4) is 0 Å². The van der Waals surface area contributed by atoms with Gasteiger partial charge in [-0.2, -0.15) is 0 Å². The molecule has 0 spiro atoms. The summed E-state index contributed by atoms with van der Waals surface area (Å²) in [5.74, 6) is 0. The molecule has 1 heterocycles. The number of urea groups is 1. The average molecular weight is 258 g/mol. The summed E-state index contributed by atoms with van der Waals surface area (Å²) >= 11 is 5.69. The van der Waals surface area contributed by atoms with E-state index in [2.05, 4.69) is 15.6 Å². The minimum absolute atomic E-state index is 0.0664. The minimum Gasteiger partial charge on any atom is -0.394 e. The molecule has 1 rings (SSSR count). The summed E-state index contributed by atoms with van der Waals surface area (Å²) in [5.41, 5.74) is 0.724. The van der Waals surface area contributed by atoms with E-state index >= 15 is 0 Å². The predicted octanol–water partition coefficient (Wildman–Crippen LogP) is 1.31. The molecule has 0 aromatic carbocycles. The second kappa shape index (κ2) is 7.09. The van der Waals surface area contributed by atoms with Gasteiger partial charge in [0, 0.05) is 6.20 Å². The lowest BCUT2D eigenvalue weighted by Crippen LogP contribution is -2.43. The van der Waals surface area contributed by atoms with Gasteiger partial charge in [0.2, 0.25) is 0 Å². The van der Waals surface area contributed by atoms with Crippen LogP contribution in [0.3, 0.4) is 0 Å². The van der Waals surface area contributed by atoms with Crippen LogP contribution in [-0.4, -0.2) is 28.8 Å². The van der Waals surface area contributed by atoms with Crippen molar-refractivity contribution in [3.05, 3.63) is 29.0 Å². The van der Waals surface area contributed by atoms with Crippen molar-refractivity contribution in [3.63, 3.8) is 0 Å². The first-order valence-corrected chi connectivity index (χ1v) is 5.79. The van der Waals surface area contributed by atoms with E-state index in [-0.39, 0.29) is 18.7 Å². The van der Waals surface area contributed by atoms with Crippen LogP contribution in [0.25, 0.3) is 0 Å². The molecule has 1 aromatic heterocycles. The largest absolute Gasteiger partial charge is 0.394 e. The Bertz CT molecular complexity index is 352. The number of pyridine rings is 1. The zero-order valence-corrected chi connectivity index (χ0v) is 10.4. The summed E-state index contributed by atoms with van der Waals surface area (Å²) in [5, 5.41) is 14.8. The Kier molecular flexibility index (Phi) is 5.72. The average Bonchev–Trinajstić information content (AvgIpc) is 2.35. The van der Waals surface area contributed by atoms with E-state index in [0.717, 1.165) is 5.69 Å². The molecule has 3 N–H and O–H groups in total. The zero-order valence-electron chi connectivity index (χ0n) is 9.61. The number of amides is 2. The summed E-state index contributed by atoms with van der Waals surface area (Å²) in [7, 11) is 0. The van der Waals surface area contributed by atoms with Crippen molar-refractivity contribution in [1.82, 2.24) is 15.6 Å². The Hall–Kier alpha value is -1.33. The number of hydrogen-bond acceptors (Lipinski definition) is 3. The van der Waals surface area contributed by atoms with Crippen molar-refractivity contribution in [2.75, 3.05) is 6.61 Å². The number of halogens is 1. The first-order valence-electron chi connectivity index (χ1n) is 5.41. The van der Waals surface area contributed by atoms with Crippen LogP contribution < -0.4 is 10.6 Å². The molecule has 0 saturated carbocycles. The third-order valence-corrected chi connectivity index (χ3v) is 2.49. The van der Waals surface area contributed by atoms with Gasteiger partial charge in [0.15, 0.2) is 0 Å². The number of aromatic nitrogens is 1. The Morgan fingerprint density at radius 1 is 1.59 bits per heavy atom. The van der Waals surface area contributed by atoms with Crippen LogP contribution in [0.1, 0.15) is 19.0 Å². The molecule has 0 aliphatic heterocycles. The molecule has 0 fully saturated rings. The molecule has 1 atom stereocenters. The first-order chi connectivity index (χ1) is 8.15. The predicted molar refractivity (Wildman–Crippen MR) is 65.8 cm³/mol. The van der Waals surface area contributed by atoms with Crippen LogP contribution in [0.15, 0.2) is 18.3 Å². The van der Waals surface area contributed by atoms with Crippen LogP contribution in [0, 0.1) is 0 Å². The van der Waals surface area contributed by atoms with E-state index in [4.69, 9.17) is 16.7 Å². The normalized spacial score (nSPS) is 11.9. The summed E-state index contributed by atoms with van der Waals surface area (Å²) in [6, 6.07) is 2.92. The molecule has 0 bridgehead atoms. The molecule has 0 unspecified atom stereocenters. The lowest BCUT2D eigenvalue weighted by atomic mass is 10.2. The van der Waals surface area contributed by atoms with Crippen molar-refractivity contribution < 1.29 is 9.90 Å². The molecule has 5 nitrogen and oxygen atoms in total. The molecule has 6 heteroatoms. The molecule has 94 valence electrons. The Morgan fingerprint density at radius 2 is 2.35 bits per heavy atom. The van der Waals surface area contributed by atoms with Crippen LogP contribution in [0.5, 0.6) is 0 Å². The van der Waals surface area contributed by atoms with Gasteiger partial charge >= 0.3 is 6.03 Å². The lowest BCUT2D eigenvalue weighted by molar-refractivity contribution is 0.214. The van der Waals surface area contributed by atoms with Gasteiger partial charge in [0.1, 0.15) is 0 Å². The first kappa shape index (κ1) is 13.7. The summed E-state index contributed by atoms with van der Waals surface area (Å²) < 4.78 is 0. The standard InChI is InChI=1S/C11H16ClN3O2/c1-2-9(7-16)15-11(17)14-6-10-4-3-8(12)5-13-10/h3-5,9,16H,2,6-7H2,1H3,(H2,14,15,17)/t9-/m0/s1. The Balaban J connectivity index is 2.35. The van der Waals surface area contributed by atoms with E-state index in [0.29, 0.717) is 18.0 Å². The maximum Gasteiger partial charge on any atom is 0.315 e. The third-order valence-electron chi connectivity index (χ3n) is 2.27.